The number of hydrogen-bond acceptors (Lipinski definition) is 2. The fraction of sp³-hybridized carbons (Fsp3) is 0.643. The number of piperidine rings is 1. The van der Waals surface area contributed by atoms with Crippen LogP contribution in [0.5, 0.6) is 0 Å². The van der Waals surface area contributed by atoms with E-state index in [1.165, 1.54) is 6.42 Å². The lowest BCUT2D eigenvalue weighted by Crippen LogP contribution is -2.37. The molecule has 0 radical (unpaired) electrons. The van der Waals surface area contributed by atoms with Crippen LogP contribution in [-0.2, 0) is 5.67 Å². The molecule has 3 rings (SSSR count). The molecule has 2 heterocycles. The summed E-state index contributed by atoms with van der Waals surface area (Å²) in [6.07, 6.45) is 5.28. The second-order valence-electron chi connectivity index (χ2n) is 5.51. The Morgan fingerprint density at radius 1 is 1.47 bits per heavy atom. The standard InChI is InChI=1S/C14H19FN2/c1-10-4-2-7-17-13(10)14(15)8-11-5-3-6-16-12(11)9-14/h2,4,7,11-12,16H,3,5-6,8-9H2,1H3. The van der Waals surface area contributed by atoms with E-state index in [-0.39, 0.29) is 0 Å². The van der Waals surface area contributed by atoms with E-state index in [4.69, 9.17) is 0 Å². The molecule has 1 N–H and O–H groups in total. The lowest BCUT2D eigenvalue weighted by Gasteiger charge is -2.25. The van der Waals surface area contributed by atoms with Crippen LogP contribution in [0, 0.1) is 12.8 Å². The lowest BCUT2D eigenvalue weighted by molar-refractivity contribution is 0.158. The molecule has 1 aliphatic heterocycles. The van der Waals surface area contributed by atoms with E-state index in [9.17, 15) is 0 Å². The van der Waals surface area contributed by atoms with Gasteiger partial charge in [0, 0.05) is 18.7 Å². The molecule has 1 aliphatic carbocycles. The summed E-state index contributed by atoms with van der Waals surface area (Å²) in [5, 5.41) is 3.46. The molecule has 0 bridgehead atoms. The Morgan fingerprint density at radius 2 is 2.35 bits per heavy atom. The van der Waals surface area contributed by atoms with Crippen LogP contribution >= 0.6 is 0 Å². The van der Waals surface area contributed by atoms with Crippen LogP contribution in [0.25, 0.3) is 0 Å². The predicted molar refractivity (Wildman–Crippen MR) is 65.5 cm³/mol. The van der Waals surface area contributed by atoms with Gasteiger partial charge in [-0.05, 0) is 50.3 Å². The summed E-state index contributed by atoms with van der Waals surface area (Å²) in [7, 11) is 0. The van der Waals surface area contributed by atoms with Gasteiger partial charge in [0.2, 0.25) is 0 Å². The second-order valence-corrected chi connectivity index (χ2v) is 5.51. The third-order valence-electron chi connectivity index (χ3n) is 4.29. The largest absolute Gasteiger partial charge is 0.314 e. The summed E-state index contributed by atoms with van der Waals surface area (Å²) in [5.41, 5.74) is 0.433. The summed E-state index contributed by atoms with van der Waals surface area (Å²) in [4.78, 5) is 4.29. The van der Waals surface area contributed by atoms with Crippen LogP contribution in [0.2, 0.25) is 0 Å². The van der Waals surface area contributed by atoms with Crippen molar-refractivity contribution in [3.63, 3.8) is 0 Å². The van der Waals surface area contributed by atoms with E-state index in [1.807, 2.05) is 19.1 Å². The highest BCUT2D eigenvalue weighted by Gasteiger charge is 2.48. The molecular weight excluding hydrogens is 215 g/mol. The van der Waals surface area contributed by atoms with Gasteiger partial charge in [-0.3, -0.25) is 4.98 Å². The maximum atomic E-state index is 15.1. The smallest absolute Gasteiger partial charge is 0.154 e. The van der Waals surface area contributed by atoms with Crippen molar-refractivity contribution in [2.45, 2.75) is 44.3 Å². The average Bonchev–Trinajstić information content (AvgIpc) is 2.66. The molecule has 0 aromatic carbocycles. The number of fused-ring (bicyclic) bond motifs is 1. The number of halogens is 1. The Hall–Kier alpha value is -0.960. The number of rotatable bonds is 1. The zero-order valence-corrected chi connectivity index (χ0v) is 10.2. The minimum Gasteiger partial charge on any atom is -0.314 e. The quantitative estimate of drug-likeness (QED) is 0.808. The van der Waals surface area contributed by atoms with Gasteiger partial charge in [-0.15, -0.1) is 0 Å². The Labute approximate surface area is 102 Å². The van der Waals surface area contributed by atoms with Crippen LogP contribution < -0.4 is 5.32 Å². The van der Waals surface area contributed by atoms with Gasteiger partial charge in [-0.25, -0.2) is 4.39 Å². The van der Waals surface area contributed by atoms with E-state index < -0.39 is 5.67 Å². The number of nitrogens with zero attached hydrogens (tertiary/aromatic N) is 1. The number of hydrogen-bond donors (Lipinski definition) is 1. The Morgan fingerprint density at radius 3 is 3.12 bits per heavy atom. The Balaban J connectivity index is 1.90. The molecular formula is C14H19FN2. The first-order valence-electron chi connectivity index (χ1n) is 6.53. The van der Waals surface area contributed by atoms with Crippen LogP contribution in [0.3, 0.4) is 0 Å². The highest BCUT2D eigenvalue weighted by Crippen LogP contribution is 2.48. The summed E-state index contributed by atoms with van der Waals surface area (Å²) in [6, 6.07) is 4.19. The monoisotopic (exact) mass is 234 g/mol. The molecule has 3 unspecified atom stereocenters. The lowest BCUT2D eigenvalue weighted by atomic mass is 9.92. The van der Waals surface area contributed by atoms with Gasteiger partial charge in [0.25, 0.3) is 0 Å². The van der Waals surface area contributed by atoms with E-state index in [1.54, 1.807) is 6.20 Å². The van der Waals surface area contributed by atoms with E-state index in [0.29, 0.717) is 30.5 Å². The van der Waals surface area contributed by atoms with Gasteiger partial charge in [0.05, 0.1) is 5.69 Å². The van der Waals surface area contributed by atoms with Crippen molar-refractivity contribution in [1.82, 2.24) is 10.3 Å². The maximum absolute atomic E-state index is 15.1. The highest BCUT2D eigenvalue weighted by atomic mass is 19.1. The average molecular weight is 234 g/mol. The summed E-state index contributed by atoms with van der Waals surface area (Å²) in [6.45, 7) is 3.00. The van der Waals surface area contributed by atoms with E-state index in [2.05, 4.69) is 10.3 Å². The van der Waals surface area contributed by atoms with Gasteiger partial charge < -0.3 is 5.32 Å². The fourth-order valence-corrected chi connectivity index (χ4v) is 3.50. The van der Waals surface area contributed by atoms with E-state index >= 15 is 4.39 Å². The SMILES string of the molecule is Cc1cccnc1C1(F)CC2CCCNC2C1. The first-order chi connectivity index (χ1) is 8.19. The highest BCUT2D eigenvalue weighted by molar-refractivity contribution is 5.26. The van der Waals surface area contributed by atoms with Crippen LogP contribution in [0.4, 0.5) is 4.39 Å². The molecule has 3 atom stereocenters. The van der Waals surface area contributed by atoms with Crippen molar-refractivity contribution in [2.75, 3.05) is 6.54 Å². The molecule has 0 spiro atoms. The second kappa shape index (κ2) is 4.05. The van der Waals surface area contributed by atoms with Gasteiger partial charge in [0.1, 0.15) is 0 Å². The predicted octanol–water partition coefficient (Wildman–Crippen LogP) is 2.72. The zero-order valence-electron chi connectivity index (χ0n) is 10.2. The number of alkyl halides is 1. The van der Waals surface area contributed by atoms with Crippen molar-refractivity contribution in [3.8, 4) is 0 Å². The minimum atomic E-state index is -1.21. The molecule has 1 saturated carbocycles. The van der Waals surface area contributed by atoms with Gasteiger partial charge >= 0.3 is 0 Å². The first-order valence-corrected chi connectivity index (χ1v) is 6.53. The summed E-state index contributed by atoms with van der Waals surface area (Å²) in [5.74, 6) is 0.496. The van der Waals surface area contributed by atoms with Crippen LogP contribution in [0.15, 0.2) is 18.3 Å². The summed E-state index contributed by atoms with van der Waals surface area (Å²) < 4.78 is 15.1. The van der Waals surface area contributed by atoms with Crippen LogP contribution in [-0.4, -0.2) is 17.6 Å². The fourth-order valence-electron chi connectivity index (χ4n) is 3.50. The maximum Gasteiger partial charge on any atom is 0.154 e. The van der Waals surface area contributed by atoms with Crippen molar-refractivity contribution in [3.05, 3.63) is 29.6 Å². The molecule has 2 aliphatic rings. The number of nitrogens with one attached hydrogen (secondary N) is 1. The molecule has 3 heteroatoms. The van der Waals surface area contributed by atoms with Gasteiger partial charge in [0.15, 0.2) is 5.67 Å². The minimum absolute atomic E-state index is 0.357. The third-order valence-corrected chi connectivity index (χ3v) is 4.29. The van der Waals surface area contributed by atoms with Crippen molar-refractivity contribution < 1.29 is 4.39 Å². The first kappa shape index (κ1) is 11.1. The Bertz CT molecular complexity index is 404. The number of aryl methyl sites for hydroxylation is 1. The molecule has 1 aromatic heterocycles. The van der Waals surface area contributed by atoms with Crippen molar-refractivity contribution in [1.29, 1.82) is 0 Å². The van der Waals surface area contributed by atoms with Crippen molar-refractivity contribution >= 4 is 0 Å². The van der Waals surface area contributed by atoms with Crippen LogP contribution in [0.1, 0.15) is 36.9 Å². The summed E-state index contributed by atoms with van der Waals surface area (Å²) >= 11 is 0. The molecule has 92 valence electrons. The van der Waals surface area contributed by atoms with Gasteiger partial charge in [-0.2, -0.15) is 0 Å². The third kappa shape index (κ3) is 1.86. The Kier molecular flexibility index (Phi) is 2.66. The molecule has 0 amide bonds. The van der Waals surface area contributed by atoms with Gasteiger partial charge in [-0.1, -0.05) is 6.07 Å². The van der Waals surface area contributed by atoms with Crippen molar-refractivity contribution in [2.24, 2.45) is 5.92 Å². The molecule has 1 saturated heterocycles. The normalized spacial score (nSPS) is 36.8. The number of pyridine rings is 1. The molecule has 1 aromatic rings. The number of aromatic nitrogens is 1. The zero-order chi connectivity index (χ0) is 11.9. The topological polar surface area (TPSA) is 24.9 Å². The van der Waals surface area contributed by atoms with E-state index in [0.717, 1.165) is 18.5 Å². The molecule has 2 nitrogen and oxygen atoms in total. The molecule has 2 fully saturated rings. The molecule has 17 heavy (non-hydrogen) atoms.